The van der Waals surface area contributed by atoms with Crippen LogP contribution in [-0.4, -0.2) is 10.2 Å². The van der Waals surface area contributed by atoms with Crippen LogP contribution in [0.3, 0.4) is 0 Å². The van der Waals surface area contributed by atoms with E-state index in [2.05, 4.69) is 44.0 Å². The fourth-order valence-corrected chi connectivity index (χ4v) is 1.30. The summed E-state index contributed by atoms with van der Waals surface area (Å²) in [4.78, 5) is 0. The van der Waals surface area contributed by atoms with Crippen molar-refractivity contribution in [3.63, 3.8) is 0 Å². The first-order valence-corrected chi connectivity index (χ1v) is 5.36. The van der Waals surface area contributed by atoms with E-state index in [4.69, 9.17) is 0 Å². The molecule has 0 saturated carbocycles. The highest BCUT2D eigenvalue weighted by Crippen LogP contribution is 2.21. The summed E-state index contributed by atoms with van der Waals surface area (Å²) < 4.78 is 0. The minimum atomic E-state index is 0.177. The van der Waals surface area contributed by atoms with Crippen LogP contribution >= 0.6 is 0 Å². The number of aryl methyl sites for hydroxylation is 1. The summed E-state index contributed by atoms with van der Waals surface area (Å²) in [5.74, 6) is 0. The fourth-order valence-electron chi connectivity index (χ4n) is 1.30. The minimum Gasteiger partial charge on any atom is -0.159 e. The molecule has 78 valence electrons. The number of hydrogen-bond donors (Lipinski definition) is 0. The van der Waals surface area contributed by atoms with Gasteiger partial charge in [0.05, 0.1) is 11.9 Å². The van der Waals surface area contributed by atoms with Crippen LogP contribution in [0, 0.1) is 0 Å². The zero-order chi connectivity index (χ0) is 10.6. The summed E-state index contributed by atoms with van der Waals surface area (Å²) in [5, 5.41) is 8.19. The van der Waals surface area contributed by atoms with Gasteiger partial charge in [-0.3, -0.25) is 0 Å². The van der Waals surface area contributed by atoms with E-state index in [1.165, 1.54) is 18.4 Å². The first-order chi connectivity index (χ1) is 6.54. The Morgan fingerprint density at radius 3 is 2.57 bits per heavy atom. The standard InChI is InChI=1S/C12H20N2/c1-5-6-7-11-8-10(9-13-14-11)12(2,3)4/h8-9H,5-7H2,1-4H3. The first-order valence-electron chi connectivity index (χ1n) is 5.36. The molecule has 0 radical (unpaired) electrons. The molecule has 0 saturated heterocycles. The van der Waals surface area contributed by atoms with Crippen LogP contribution in [0.5, 0.6) is 0 Å². The molecule has 1 aromatic rings. The zero-order valence-corrected chi connectivity index (χ0v) is 9.67. The fraction of sp³-hybridized carbons (Fsp3) is 0.667. The van der Waals surface area contributed by atoms with Gasteiger partial charge in [-0.05, 0) is 29.9 Å². The van der Waals surface area contributed by atoms with Crippen LogP contribution in [0.25, 0.3) is 0 Å². The van der Waals surface area contributed by atoms with Gasteiger partial charge in [-0.15, -0.1) is 0 Å². The van der Waals surface area contributed by atoms with E-state index >= 15 is 0 Å². The molecule has 1 aromatic heterocycles. The van der Waals surface area contributed by atoms with Crippen molar-refractivity contribution in [2.24, 2.45) is 0 Å². The van der Waals surface area contributed by atoms with Gasteiger partial charge in [0, 0.05) is 0 Å². The maximum absolute atomic E-state index is 4.14. The van der Waals surface area contributed by atoms with Crippen LogP contribution in [0.1, 0.15) is 51.8 Å². The second-order valence-corrected chi connectivity index (χ2v) is 4.79. The molecular weight excluding hydrogens is 172 g/mol. The monoisotopic (exact) mass is 192 g/mol. The first kappa shape index (κ1) is 11.2. The van der Waals surface area contributed by atoms with Crippen LogP contribution in [0.4, 0.5) is 0 Å². The highest BCUT2D eigenvalue weighted by atomic mass is 15.1. The Balaban J connectivity index is 2.79. The summed E-state index contributed by atoms with van der Waals surface area (Å²) >= 11 is 0. The molecule has 0 aliphatic heterocycles. The van der Waals surface area contributed by atoms with E-state index in [1.807, 2.05) is 6.20 Å². The van der Waals surface area contributed by atoms with Gasteiger partial charge in [0.15, 0.2) is 0 Å². The molecule has 14 heavy (non-hydrogen) atoms. The number of unbranched alkanes of at least 4 members (excludes halogenated alkanes) is 1. The topological polar surface area (TPSA) is 25.8 Å². The molecule has 0 atom stereocenters. The lowest BCUT2D eigenvalue weighted by Crippen LogP contribution is -2.12. The van der Waals surface area contributed by atoms with Gasteiger partial charge in [-0.25, -0.2) is 0 Å². The van der Waals surface area contributed by atoms with Crippen molar-refractivity contribution in [3.8, 4) is 0 Å². The van der Waals surface area contributed by atoms with Crippen molar-refractivity contribution in [2.75, 3.05) is 0 Å². The summed E-state index contributed by atoms with van der Waals surface area (Å²) in [5.41, 5.74) is 2.58. The summed E-state index contributed by atoms with van der Waals surface area (Å²) in [6, 6.07) is 2.18. The average molecular weight is 192 g/mol. The summed E-state index contributed by atoms with van der Waals surface area (Å²) in [6.07, 6.45) is 5.33. The molecule has 1 rings (SSSR count). The molecule has 2 heteroatoms. The molecule has 0 aliphatic carbocycles. The van der Waals surface area contributed by atoms with Gasteiger partial charge in [0.25, 0.3) is 0 Å². The number of aromatic nitrogens is 2. The maximum Gasteiger partial charge on any atom is 0.0634 e. The zero-order valence-electron chi connectivity index (χ0n) is 9.67. The van der Waals surface area contributed by atoms with E-state index in [-0.39, 0.29) is 5.41 Å². The largest absolute Gasteiger partial charge is 0.159 e. The van der Waals surface area contributed by atoms with Gasteiger partial charge in [0.2, 0.25) is 0 Å². The second-order valence-electron chi connectivity index (χ2n) is 4.79. The molecule has 2 nitrogen and oxygen atoms in total. The lowest BCUT2D eigenvalue weighted by Gasteiger charge is -2.18. The molecule has 0 spiro atoms. The van der Waals surface area contributed by atoms with E-state index in [0.717, 1.165) is 12.1 Å². The molecule has 0 amide bonds. The average Bonchev–Trinajstić information content (AvgIpc) is 2.14. The lowest BCUT2D eigenvalue weighted by atomic mass is 9.88. The molecule has 0 aromatic carbocycles. The van der Waals surface area contributed by atoms with Crippen molar-refractivity contribution in [1.29, 1.82) is 0 Å². The van der Waals surface area contributed by atoms with Crippen molar-refractivity contribution in [3.05, 3.63) is 23.5 Å². The van der Waals surface area contributed by atoms with Crippen molar-refractivity contribution in [1.82, 2.24) is 10.2 Å². The SMILES string of the molecule is CCCCc1cc(C(C)(C)C)cnn1. The Hall–Kier alpha value is -0.920. The van der Waals surface area contributed by atoms with Crippen LogP contribution in [0.2, 0.25) is 0 Å². The predicted octanol–water partition coefficient (Wildman–Crippen LogP) is 3.12. The Kier molecular flexibility index (Phi) is 3.62. The molecule has 0 bridgehead atoms. The summed E-state index contributed by atoms with van der Waals surface area (Å²) in [6.45, 7) is 8.80. The van der Waals surface area contributed by atoms with Crippen LogP contribution in [-0.2, 0) is 11.8 Å². The normalized spacial score (nSPS) is 11.7. The van der Waals surface area contributed by atoms with Crippen LogP contribution < -0.4 is 0 Å². The van der Waals surface area contributed by atoms with E-state index in [0.29, 0.717) is 0 Å². The van der Waals surface area contributed by atoms with Crippen molar-refractivity contribution < 1.29 is 0 Å². The van der Waals surface area contributed by atoms with E-state index in [1.54, 1.807) is 0 Å². The summed E-state index contributed by atoms with van der Waals surface area (Å²) in [7, 11) is 0. The Bertz CT molecular complexity index is 287. The van der Waals surface area contributed by atoms with Gasteiger partial charge < -0.3 is 0 Å². The third-order valence-corrected chi connectivity index (χ3v) is 2.36. The maximum atomic E-state index is 4.14. The molecule has 0 N–H and O–H groups in total. The van der Waals surface area contributed by atoms with Gasteiger partial charge in [-0.2, -0.15) is 10.2 Å². The van der Waals surface area contributed by atoms with Gasteiger partial charge >= 0.3 is 0 Å². The number of nitrogens with zero attached hydrogens (tertiary/aromatic N) is 2. The third kappa shape index (κ3) is 3.09. The molecule has 0 aliphatic rings. The van der Waals surface area contributed by atoms with Gasteiger partial charge in [0.1, 0.15) is 0 Å². The van der Waals surface area contributed by atoms with E-state index in [9.17, 15) is 0 Å². The molecule has 0 unspecified atom stereocenters. The highest BCUT2D eigenvalue weighted by molar-refractivity contribution is 5.20. The van der Waals surface area contributed by atoms with Crippen molar-refractivity contribution >= 4 is 0 Å². The minimum absolute atomic E-state index is 0.177. The smallest absolute Gasteiger partial charge is 0.0634 e. The second kappa shape index (κ2) is 4.54. The number of hydrogen-bond acceptors (Lipinski definition) is 2. The molecule has 1 heterocycles. The lowest BCUT2D eigenvalue weighted by molar-refractivity contribution is 0.581. The molecular formula is C12H20N2. The van der Waals surface area contributed by atoms with Crippen molar-refractivity contribution in [2.45, 2.75) is 52.4 Å². The predicted molar refractivity (Wildman–Crippen MR) is 59.3 cm³/mol. The van der Waals surface area contributed by atoms with Crippen LogP contribution in [0.15, 0.2) is 12.3 Å². The van der Waals surface area contributed by atoms with Gasteiger partial charge in [-0.1, -0.05) is 34.1 Å². The van der Waals surface area contributed by atoms with E-state index < -0.39 is 0 Å². The Morgan fingerprint density at radius 2 is 2.00 bits per heavy atom. The quantitative estimate of drug-likeness (QED) is 0.735. The third-order valence-electron chi connectivity index (χ3n) is 2.36. The number of rotatable bonds is 3. The Morgan fingerprint density at radius 1 is 1.29 bits per heavy atom. The highest BCUT2D eigenvalue weighted by Gasteiger charge is 2.14. The molecule has 0 fully saturated rings. The Labute approximate surface area is 86.8 Å².